The van der Waals surface area contributed by atoms with Crippen molar-refractivity contribution in [3.63, 3.8) is 0 Å². The second-order valence-electron chi connectivity index (χ2n) is 8.99. The number of nitrogens with two attached hydrogens (primary N) is 1. The minimum atomic E-state index is -0.0618. The zero-order valence-corrected chi connectivity index (χ0v) is 20.1. The maximum absolute atomic E-state index is 13.2. The van der Waals surface area contributed by atoms with E-state index in [0.717, 1.165) is 65.8 Å². The van der Waals surface area contributed by atoms with Gasteiger partial charge in [-0.2, -0.15) is 0 Å². The summed E-state index contributed by atoms with van der Waals surface area (Å²) in [6.07, 6.45) is 4.66. The molecule has 2 aliphatic rings. The summed E-state index contributed by atoms with van der Waals surface area (Å²) < 4.78 is 0. The first kappa shape index (κ1) is 23.1. The van der Waals surface area contributed by atoms with Crippen molar-refractivity contribution in [2.45, 2.75) is 38.5 Å². The Kier molecular flexibility index (Phi) is 6.55. The molecule has 0 unspecified atom stereocenters. The lowest BCUT2D eigenvalue weighted by atomic mass is 9.87. The lowest BCUT2D eigenvalue weighted by Gasteiger charge is -2.21. The van der Waals surface area contributed by atoms with Crippen molar-refractivity contribution < 1.29 is 9.59 Å². The van der Waals surface area contributed by atoms with Crippen molar-refractivity contribution in [3.05, 3.63) is 88.1 Å². The van der Waals surface area contributed by atoms with Crippen LogP contribution in [0.2, 0.25) is 5.02 Å². The van der Waals surface area contributed by atoms with Crippen LogP contribution in [0, 0.1) is 0 Å². The van der Waals surface area contributed by atoms with E-state index in [9.17, 15) is 9.59 Å². The standard InChI is InChI=1S/C28H27ClN4O2/c29-20-10-8-18(9-11-20)23-5-1-2-6-24(23)28(35)32-22-12-13-25-19(16-22)14-15-33(25)27(34)17-21-4-3-7-26(30)31-21/h3-4,7-13,16H,1-2,5-6,14-15,17H2,(H2,30,31)(H,32,35). The van der Waals surface area contributed by atoms with Gasteiger partial charge in [-0.15, -0.1) is 0 Å². The fourth-order valence-electron chi connectivity index (χ4n) is 4.92. The molecule has 35 heavy (non-hydrogen) atoms. The predicted octanol–water partition coefficient (Wildman–Crippen LogP) is 5.42. The van der Waals surface area contributed by atoms with Crippen LogP contribution in [-0.2, 0) is 22.4 Å². The van der Waals surface area contributed by atoms with Gasteiger partial charge in [0.1, 0.15) is 5.82 Å². The van der Waals surface area contributed by atoms with Crippen LogP contribution in [0.15, 0.2) is 66.2 Å². The second kappa shape index (κ2) is 9.92. The number of aromatic nitrogens is 1. The second-order valence-corrected chi connectivity index (χ2v) is 9.43. The number of rotatable bonds is 5. The van der Waals surface area contributed by atoms with E-state index in [2.05, 4.69) is 10.3 Å². The first-order valence-corrected chi connectivity index (χ1v) is 12.3. The molecule has 1 aromatic heterocycles. The number of nitrogens with zero attached hydrogens (tertiary/aromatic N) is 2. The highest BCUT2D eigenvalue weighted by Crippen LogP contribution is 2.35. The molecule has 0 spiro atoms. The molecule has 0 atom stereocenters. The minimum absolute atomic E-state index is 0.0152. The third-order valence-corrected chi connectivity index (χ3v) is 6.88. The molecule has 2 amide bonds. The minimum Gasteiger partial charge on any atom is -0.384 e. The lowest BCUT2D eigenvalue weighted by Crippen LogP contribution is -2.30. The van der Waals surface area contributed by atoms with E-state index in [-0.39, 0.29) is 18.2 Å². The molecule has 2 heterocycles. The summed E-state index contributed by atoms with van der Waals surface area (Å²) in [7, 11) is 0. The van der Waals surface area contributed by atoms with Gasteiger partial charge in [-0.25, -0.2) is 4.98 Å². The van der Waals surface area contributed by atoms with E-state index in [0.29, 0.717) is 23.1 Å². The van der Waals surface area contributed by atoms with Crippen molar-refractivity contribution in [3.8, 4) is 0 Å². The first-order chi connectivity index (χ1) is 17.0. The number of halogens is 1. The highest BCUT2D eigenvalue weighted by molar-refractivity contribution is 6.30. The number of carbonyl (C=O) groups excluding carboxylic acids is 2. The SMILES string of the molecule is Nc1cccc(CC(=O)N2CCc3cc(NC(=O)C4=C(c5ccc(Cl)cc5)CCCC4)ccc32)n1. The number of hydrogen-bond acceptors (Lipinski definition) is 4. The van der Waals surface area contributed by atoms with Gasteiger partial charge in [0.25, 0.3) is 5.91 Å². The van der Waals surface area contributed by atoms with Gasteiger partial charge < -0.3 is 16.0 Å². The largest absolute Gasteiger partial charge is 0.384 e. The summed E-state index contributed by atoms with van der Waals surface area (Å²) in [6, 6.07) is 18.8. The number of amides is 2. The molecule has 7 heteroatoms. The highest BCUT2D eigenvalue weighted by Gasteiger charge is 2.26. The Morgan fingerprint density at radius 3 is 2.60 bits per heavy atom. The van der Waals surface area contributed by atoms with Crippen molar-refractivity contribution >= 4 is 46.2 Å². The number of hydrogen-bond donors (Lipinski definition) is 2. The van der Waals surface area contributed by atoms with Crippen LogP contribution in [-0.4, -0.2) is 23.3 Å². The number of allylic oxidation sites excluding steroid dienone is 1. The molecule has 6 nitrogen and oxygen atoms in total. The summed E-state index contributed by atoms with van der Waals surface area (Å²) in [6.45, 7) is 0.611. The molecule has 1 aliphatic heterocycles. The van der Waals surface area contributed by atoms with E-state index in [1.54, 1.807) is 17.0 Å². The zero-order chi connectivity index (χ0) is 24.4. The zero-order valence-electron chi connectivity index (χ0n) is 19.4. The topological polar surface area (TPSA) is 88.3 Å². The predicted molar refractivity (Wildman–Crippen MR) is 140 cm³/mol. The number of carbonyl (C=O) groups is 2. The van der Waals surface area contributed by atoms with Gasteiger partial charge in [0, 0.05) is 28.5 Å². The number of nitrogen functional groups attached to an aromatic ring is 1. The van der Waals surface area contributed by atoms with Crippen LogP contribution in [0.1, 0.15) is 42.5 Å². The fourth-order valence-corrected chi connectivity index (χ4v) is 5.04. The van der Waals surface area contributed by atoms with Crippen molar-refractivity contribution in [2.24, 2.45) is 0 Å². The quantitative estimate of drug-likeness (QED) is 0.504. The van der Waals surface area contributed by atoms with Crippen LogP contribution in [0.5, 0.6) is 0 Å². The molecule has 178 valence electrons. The first-order valence-electron chi connectivity index (χ1n) is 11.9. The summed E-state index contributed by atoms with van der Waals surface area (Å²) in [5.41, 5.74) is 12.1. The summed E-state index contributed by atoms with van der Waals surface area (Å²) in [5.74, 6) is 0.330. The average Bonchev–Trinajstić information content (AvgIpc) is 3.28. The van der Waals surface area contributed by atoms with E-state index in [1.165, 1.54) is 0 Å². The molecule has 0 saturated heterocycles. The molecule has 2 aromatic carbocycles. The van der Waals surface area contributed by atoms with Crippen LogP contribution in [0.25, 0.3) is 5.57 Å². The summed E-state index contributed by atoms with van der Waals surface area (Å²) in [5, 5.41) is 3.78. The Morgan fingerprint density at radius 1 is 1.00 bits per heavy atom. The monoisotopic (exact) mass is 486 g/mol. The summed E-state index contributed by atoms with van der Waals surface area (Å²) >= 11 is 6.05. The molecule has 1 aliphatic carbocycles. The molecule has 3 aromatic rings. The van der Waals surface area contributed by atoms with Gasteiger partial charge >= 0.3 is 0 Å². The van der Waals surface area contributed by atoms with Gasteiger partial charge in [-0.3, -0.25) is 9.59 Å². The van der Waals surface area contributed by atoms with E-state index in [1.807, 2.05) is 48.5 Å². The molecule has 3 N–H and O–H groups in total. The summed E-state index contributed by atoms with van der Waals surface area (Å²) in [4.78, 5) is 32.2. The number of nitrogens with one attached hydrogen (secondary N) is 1. The van der Waals surface area contributed by atoms with E-state index < -0.39 is 0 Å². The van der Waals surface area contributed by atoms with Crippen LogP contribution in [0.3, 0.4) is 0 Å². The Labute approximate surface area is 209 Å². The number of fused-ring (bicyclic) bond motifs is 1. The third kappa shape index (κ3) is 5.08. The third-order valence-electron chi connectivity index (χ3n) is 6.63. The van der Waals surface area contributed by atoms with Gasteiger partial charge in [0.05, 0.1) is 12.1 Å². The molecule has 0 radical (unpaired) electrons. The molecule has 0 saturated carbocycles. The van der Waals surface area contributed by atoms with Crippen molar-refractivity contribution in [1.29, 1.82) is 0 Å². The van der Waals surface area contributed by atoms with Gasteiger partial charge in [0.15, 0.2) is 0 Å². The lowest BCUT2D eigenvalue weighted by molar-refractivity contribution is -0.118. The normalized spacial score (nSPS) is 15.2. The highest BCUT2D eigenvalue weighted by atomic mass is 35.5. The Balaban J connectivity index is 1.32. The Morgan fingerprint density at radius 2 is 1.80 bits per heavy atom. The van der Waals surface area contributed by atoms with Crippen molar-refractivity contribution in [2.75, 3.05) is 22.5 Å². The van der Waals surface area contributed by atoms with E-state index in [4.69, 9.17) is 17.3 Å². The molecular formula is C28H27ClN4O2. The molecule has 5 rings (SSSR count). The van der Waals surface area contributed by atoms with Crippen LogP contribution < -0.4 is 16.0 Å². The maximum atomic E-state index is 13.2. The molecule has 0 bridgehead atoms. The maximum Gasteiger partial charge on any atom is 0.251 e. The number of anilines is 3. The van der Waals surface area contributed by atoms with Crippen LogP contribution >= 0.6 is 11.6 Å². The Hall–Kier alpha value is -3.64. The Bertz CT molecular complexity index is 1320. The van der Waals surface area contributed by atoms with Crippen LogP contribution in [0.4, 0.5) is 17.2 Å². The van der Waals surface area contributed by atoms with Gasteiger partial charge in [-0.05, 0) is 91.3 Å². The molecular weight excluding hydrogens is 460 g/mol. The molecule has 0 fully saturated rings. The van der Waals surface area contributed by atoms with Gasteiger partial charge in [-0.1, -0.05) is 29.8 Å². The average molecular weight is 487 g/mol. The van der Waals surface area contributed by atoms with Gasteiger partial charge in [0.2, 0.25) is 5.91 Å². The van der Waals surface area contributed by atoms with Crippen molar-refractivity contribution in [1.82, 2.24) is 4.98 Å². The smallest absolute Gasteiger partial charge is 0.251 e. The van der Waals surface area contributed by atoms with E-state index >= 15 is 0 Å². The fraction of sp³-hybridized carbons (Fsp3) is 0.250. The number of pyridine rings is 1. The number of benzene rings is 2.